The second kappa shape index (κ2) is 9.92. The number of carbonyl (C=O) groups excluding carboxylic acids is 1. The molecule has 0 atom stereocenters. The zero-order valence-corrected chi connectivity index (χ0v) is 19.6. The second-order valence-corrected chi connectivity index (χ2v) is 9.63. The number of aliphatic hydroxyl groups excluding tert-OH is 1. The van der Waals surface area contributed by atoms with E-state index in [-0.39, 0.29) is 29.9 Å². The first-order chi connectivity index (χ1) is 17.3. The largest absolute Gasteiger partial charge is 0.393 e. The van der Waals surface area contributed by atoms with Crippen molar-refractivity contribution in [3.05, 3.63) is 35.8 Å². The van der Waals surface area contributed by atoms with Crippen molar-refractivity contribution in [1.82, 2.24) is 19.5 Å². The van der Waals surface area contributed by atoms with Crippen molar-refractivity contribution in [3.63, 3.8) is 0 Å². The monoisotopic (exact) mass is 503 g/mol. The van der Waals surface area contributed by atoms with Gasteiger partial charge in [0.05, 0.1) is 12.3 Å². The van der Waals surface area contributed by atoms with Gasteiger partial charge >= 0.3 is 0 Å². The quantitative estimate of drug-likeness (QED) is 0.401. The van der Waals surface area contributed by atoms with Gasteiger partial charge in [0.25, 0.3) is 0 Å². The molecule has 0 radical (unpaired) electrons. The van der Waals surface area contributed by atoms with Crippen LogP contribution in [0.15, 0.2) is 18.3 Å². The Kier molecular flexibility index (Phi) is 6.69. The Bertz CT molecular complexity index is 1250. The molecule has 2 aromatic heterocycles. The highest BCUT2D eigenvalue weighted by atomic mass is 19.1. The summed E-state index contributed by atoms with van der Waals surface area (Å²) in [5, 5.41) is 16.0. The Balaban J connectivity index is 1.47. The van der Waals surface area contributed by atoms with Crippen LogP contribution in [0.5, 0.6) is 0 Å². The van der Waals surface area contributed by atoms with E-state index < -0.39 is 29.2 Å². The predicted molar refractivity (Wildman–Crippen MR) is 127 cm³/mol. The van der Waals surface area contributed by atoms with Crippen molar-refractivity contribution < 1.29 is 23.1 Å². The number of amides is 1. The number of fused-ring (bicyclic) bond motifs is 1. The number of nitrogens with one attached hydrogen (secondary N) is 2. The molecule has 2 aliphatic rings. The minimum Gasteiger partial charge on any atom is -0.393 e. The van der Waals surface area contributed by atoms with Crippen molar-refractivity contribution >= 4 is 34.7 Å². The molecule has 2 aliphatic carbocycles. The van der Waals surface area contributed by atoms with E-state index in [0.29, 0.717) is 67.8 Å². The highest BCUT2D eigenvalue weighted by Gasteiger charge is 2.28. The van der Waals surface area contributed by atoms with E-state index in [1.54, 1.807) is 4.57 Å². The minimum absolute atomic E-state index is 0.0826. The first-order valence-electron chi connectivity index (χ1n) is 12.2. The van der Waals surface area contributed by atoms with E-state index >= 15 is 0 Å². The van der Waals surface area contributed by atoms with Gasteiger partial charge < -0.3 is 21.5 Å². The van der Waals surface area contributed by atoms with Gasteiger partial charge in [0.1, 0.15) is 17.0 Å². The van der Waals surface area contributed by atoms with Crippen molar-refractivity contribution in [3.8, 4) is 0 Å². The molecule has 0 aliphatic heterocycles. The van der Waals surface area contributed by atoms with Crippen LogP contribution in [0.1, 0.15) is 57.4 Å². The van der Waals surface area contributed by atoms with Crippen molar-refractivity contribution in [1.29, 1.82) is 0 Å². The molecule has 0 spiro atoms. The molecular weight excluding hydrogens is 475 g/mol. The van der Waals surface area contributed by atoms with Gasteiger partial charge in [-0.2, -0.15) is 4.98 Å². The predicted octanol–water partition coefficient (Wildman–Crippen LogP) is 3.92. The Labute approximate surface area is 205 Å². The average molecular weight is 504 g/mol. The number of aromatic nitrogens is 4. The maximum atomic E-state index is 14.4. The molecule has 3 aromatic rings. The average Bonchev–Trinajstić information content (AvgIpc) is 3.19. The molecule has 1 amide bonds. The summed E-state index contributed by atoms with van der Waals surface area (Å²) in [6.45, 7) is 0. The Morgan fingerprint density at radius 2 is 1.67 bits per heavy atom. The van der Waals surface area contributed by atoms with Gasteiger partial charge in [-0.05, 0) is 51.4 Å². The summed E-state index contributed by atoms with van der Waals surface area (Å²) in [5.41, 5.74) is 5.82. The number of primary amides is 1. The van der Waals surface area contributed by atoms with E-state index in [4.69, 9.17) is 5.73 Å². The van der Waals surface area contributed by atoms with E-state index in [2.05, 4.69) is 25.6 Å². The van der Waals surface area contributed by atoms with Gasteiger partial charge in [0, 0.05) is 30.1 Å². The molecular formula is C24H28F3N7O2. The topological polar surface area (TPSA) is 131 Å². The number of nitrogens with two attached hydrogens (primary N) is 1. The summed E-state index contributed by atoms with van der Waals surface area (Å²) < 4.78 is 44.0. The van der Waals surface area contributed by atoms with Gasteiger partial charge in [-0.1, -0.05) is 0 Å². The van der Waals surface area contributed by atoms with E-state index in [1.807, 2.05) is 0 Å². The zero-order chi connectivity index (χ0) is 25.4. The number of imidazole rings is 1. The van der Waals surface area contributed by atoms with Crippen molar-refractivity contribution in [2.75, 3.05) is 10.6 Å². The number of benzene rings is 1. The summed E-state index contributed by atoms with van der Waals surface area (Å²) in [6.07, 6.45) is 6.43. The minimum atomic E-state index is -1.08. The Morgan fingerprint density at radius 1 is 1.00 bits per heavy atom. The highest BCUT2D eigenvalue weighted by Crippen LogP contribution is 2.36. The smallest absolute Gasteiger partial charge is 0.224 e. The third-order valence-corrected chi connectivity index (χ3v) is 7.17. The fraction of sp³-hybridized carbons (Fsp3) is 0.500. The lowest BCUT2D eigenvalue weighted by Crippen LogP contribution is -2.32. The first-order valence-corrected chi connectivity index (χ1v) is 12.2. The fourth-order valence-electron chi connectivity index (χ4n) is 5.19. The lowest BCUT2D eigenvalue weighted by molar-refractivity contribution is -0.122. The summed E-state index contributed by atoms with van der Waals surface area (Å²) in [6, 6.07) is 1.16. The number of hydrogen-bond donors (Lipinski definition) is 4. The zero-order valence-electron chi connectivity index (χ0n) is 19.6. The van der Waals surface area contributed by atoms with Crippen LogP contribution in [-0.4, -0.2) is 42.7 Å². The highest BCUT2D eigenvalue weighted by molar-refractivity contribution is 5.77. The summed E-state index contributed by atoms with van der Waals surface area (Å²) in [7, 11) is 0. The third kappa shape index (κ3) is 4.95. The van der Waals surface area contributed by atoms with Crippen LogP contribution >= 0.6 is 0 Å². The number of aliphatic hydroxyl groups is 1. The van der Waals surface area contributed by atoms with Crippen LogP contribution in [0.25, 0.3) is 11.2 Å². The van der Waals surface area contributed by atoms with Crippen LogP contribution in [0.2, 0.25) is 0 Å². The molecule has 12 heteroatoms. The summed E-state index contributed by atoms with van der Waals surface area (Å²) >= 11 is 0. The molecule has 5 N–H and O–H groups in total. The maximum Gasteiger partial charge on any atom is 0.224 e. The SMILES string of the molecule is NC(=O)C1CCC(Nc2ncc3nc(Nc4c(F)cc(F)cc4F)n(C4CCC(O)CC4)c3n2)CC1. The maximum absolute atomic E-state index is 14.4. The molecule has 2 saturated carbocycles. The number of rotatable bonds is 6. The van der Waals surface area contributed by atoms with E-state index in [0.717, 1.165) is 12.8 Å². The lowest BCUT2D eigenvalue weighted by atomic mass is 9.86. The number of nitrogens with zero attached hydrogens (tertiary/aromatic N) is 4. The first kappa shape index (κ1) is 24.3. The molecule has 9 nitrogen and oxygen atoms in total. The van der Waals surface area contributed by atoms with Gasteiger partial charge in [0.2, 0.25) is 17.8 Å². The van der Waals surface area contributed by atoms with Gasteiger partial charge in [0.15, 0.2) is 17.3 Å². The molecule has 0 unspecified atom stereocenters. The molecule has 2 heterocycles. The third-order valence-electron chi connectivity index (χ3n) is 7.17. The number of anilines is 3. The van der Waals surface area contributed by atoms with Crippen LogP contribution in [0, 0.1) is 23.4 Å². The Hall–Kier alpha value is -3.41. The summed E-state index contributed by atoms with van der Waals surface area (Å²) in [4.78, 5) is 25.0. The molecule has 2 fully saturated rings. The standard InChI is InChI=1S/C24H28F3N7O2/c25-13-9-17(26)20(18(27)10-13)32-24-31-19-11-29-23(30-14-3-1-12(2-4-14)21(28)36)33-22(19)34(24)15-5-7-16(35)8-6-15/h9-12,14-16,35H,1-8H2,(H2,28,36)(H,31,32)(H,29,30,33). The van der Waals surface area contributed by atoms with Gasteiger partial charge in [-0.15, -0.1) is 0 Å². The molecule has 0 saturated heterocycles. The Morgan fingerprint density at radius 3 is 2.31 bits per heavy atom. The molecule has 5 rings (SSSR count). The van der Waals surface area contributed by atoms with Crippen molar-refractivity contribution in [2.45, 2.75) is 69.6 Å². The van der Waals surface area contributed by atoms with Crippen LogP contribution in [0.3, 0.4) is 0 Å². The van der Waals surface area contributed by atoms with Crippen LogP contribution in [0.4, 0.5) is 30.8 Å². The normalized spacial score (nSPS) is 24.6. The number of carbonyl (C=O) groups is 1. The molecule has 0 bridgehead atoms. The lowest BCUT2D eigenvalue weighted by Gasteiger charge is -2.28. The molecule has 192 valence electrons. The molecule has 1 aromatic carbocycles. The number of halogens is 3. The van der Waals surface area contributed by atoms with Crippen LogP contribution < -0.4 is 16.4 Å². The van der Waals surface area contributed by atoms with Gasteiger partial charge in [-0.25, -0.2) is 23.1 Å². The van der Waals surface area contributed by atoms with E-state index in [1.165, 1.54) is 6.20 Å². The fourth-order valence-corrected chi connectivity index (χ4v) is 5.19. The van der Waals surface area contributed by atoms with E-state index in [9.17, 15) is 23.1 Å². The second-order valence-electron chi connectivity index (χ2n) is 9.63. The van der Waals surface area contributed by atoms with Gasteiger partial charge in [-0.3, -0.25) is 9.36 Å². The van der Waals surface area contributed by atoms with Crippen LogP contribution in [-0.2, 0) is 4.79 Å². The molecule has 36 heavy (non-hydrogen) atoms. The van der Waals surface area contributed by atoms with Crippen molar-refractivity contribution in [2.24, 2.45) is 11.7 Å². The summed E-state index contributed by atoms with van der Waals surface area (Å²) in [5.74, 6) is -3.03. The number of hydrogen-bond acceptors (Lipinski definition) is 7.